The van der Waals surface area contributed by atoms with Gasteiger partial charge in [-0.1, -0.05) is 315 Å². The SMILES string of the molecule is c1ccc(-c2ccc(-c3nc(-c4ccc(-c5cccc(-c6cccc(-c7nc(-c8ccccc8)nc(-c8ccc(-n9c%10ccccc%10c%10cccc(-c%11ccc(-c%12ccccc%12)cc%11)c%109)cc8)n7)c6)c5)cc4)nc(-n4c5ccccc5c5cc(-c6ccccc6)cc(-c6ccccc6)c54)n3)cc2)cc1. The maximum Gasteiger partial charge on any atom is 0.238 e. The molecule has 0 saturated carbocycles. The topological polar surface area (TPSA) is 87.2 Å². The van der Waals surface area contributed by atoms with Crippen LogP contribution in [0.15, 0.2) is 376 Å². The minimum atomic E-state index is 0.526. The Morgan fingerprint density at radius 2 is 0.471 bits per heavy atom. The van der Waals surface area contributed by atoms with Crippen LogP contribution in [0.3, 0.4) is 0 Å². The summed E-state index contributed by atoms with van der Waals surface area (Å²) in [6.07, 6.45) is 0. The van der Waals surface area contributed by atoms with Gasteiger partial charge in [0.05, 0.1) is 22.1 Å². The molecule has 0 amide bonds. The Hall–Kier alpha value is -14.1. The van der Waals surface area contributed by atoms with Crippen molar-refractivity contribution in [2.24, 2.45) is 0 Å². The molecule has 0 radical (unpaired) electrons. The lowest BCUT2D eigenvalue weighted by atomic mass is 9.95. The largest absolute Gasteiger partial charge is 0.309 e. The fourth-order valence-corrected chi connectivity index (χ4v) is 14.7. The van der Waals surface area contributed by atoms with Crippen LogP contribution in [0, 0.1) is 0 Å². The van der Waals surface area contributed by atoms with E-state index in [4.69, 9.17) is 29.9 Å². The predicted octanol–water partition coefficient (Wildman–Crippen LogP) is 24.3. The highest BCUT2D eigenvalue weighted by Gasteiger charge is 2.24. The van der Waals surface area contributed by atoms with Crippen molar-refractivity contribution in [3.8, 4) is 146 Å². The lowest BCUT2D eigenvalue weighted by molar-refractivity contribution is 0.954. The van der Waals surface area contributed by atoms with Gasteiger partial charge in [0.25, 0.3) is 0 Å². The number of fused-ring (bicyclic) bond motifs is 6. The Morgan fingerprint density at radius 1 is 0.163 bits per heavy atom. The van der Waals surface area contributed by atoms with Gasteiger partial charge in [0.15, 0.2) is 29.1 Å². The predicted molar refractivity (Wildman–Crippen MR) is 427 cm³/mol. The fourth-order valence-electron chi connectivity index (χ4n) is 14.7. The first-order valence-corrected chi connectivity index (χ1v) is 35.1. The van der Waals surface area contributed by atoms with E-state index in [0.29, 0.717) is 35.1 Å². The fraction of sp³-hybridized carbons (Fsp3) is 0. The molecule has 8 nitrogen and oxygen atoms in total. The Morgan fingerprint density at radius 3 is 1.00 bits per heavy atom. The van der Waals surface area contributed by atoms with Gasteiger partial charge in [-0.25, -0.2) is 19.9 Å². The van der Waals surface area contributed by atoms with Crippen LogP contribution < -0.4 is 0 Å². The molecule has 0 N–H and O–H groups in total. The second kappa shape index (κ2) is 26.2. The number of hydrogen-bond acceptors (Lipinski definition) is 6. The molecule has 0 saturated heterocycles. The van der Waals surface area contributed by atoms with Crippen LogP contribution in [0.25, 0.3) is 190 Å². The van der Waals surface area contributed by atoms with Crippen molar-refractivity contribution < 1.29 is 0 Å². The van der Waals surface area contributed by atoms with Gasteiger partial charge in [-0.2, -0.15) is 9.97 Å². The third kappa shape index (κ3) is 11.3. The van der Waals surface area contributed by atoms with Gasteiger partial charge < -0.3 is 4.57 Å². The molecule has 0 fully saturated rings. The second-order valence-corrected chi connectivity index (χ2v) is 26.2. The van der Waals surface area contributed by atoms with E-state index in [0.717, 1.165) is 133 Å². The molecule has 4 heterocycles. The van der Waals surface area contributed by atoms with Crippen LogP contribution in [0.5, 0.6) is 0 Å². The molecule has 104 heavy (non-hydrogen) atoms. The summed E-state index contributed by atoms with van der Waals surface area (Å²) in [5.74, 6) is 3.42. The van der Waals surface area contributed by atoms with Gasteiger partial charge >= 0.3 is 0 Å². The zero-order valence-electron chi connectivity index (χ0n) is 56.4. The van der Waals surface area contributed by atoms with E-state index in [1.165, 1.54) is 21.9 Å². The van der Waals surface area contributed by atoms with Gasteiger partial charge in [-0.05, 0) is 127 Å². The van der Waals surface area contributed by atoms with E-state index in [1.807, 2.05) is 24.3 Å². The summed E-state index contributed by atoms with van der Waals surface area (Å²) in [6, 6.07) is 133. The number of hydrogen-bond donors (Lipinski definition) is 0. The number of aromatic nitrogens is 8. The van der Waals surface area contributed by atoms with Crippen molar-refractivity contribution in [2.45, 2.75) is 0 Å². The van der Waals surface area contributed by atoms with E-state index in [1.54, 1.807) is 0 Å². The summed E-state index contributed by atoms with van der Waals surface area (Å²) in [7, 11) is 0. The first-order chi connectivity index (χ1) is 51.5. The number of benzene rings is 15. The summed E-state index contributed by atoms with van der Waals surface area (Å²) < 4.78 is 4.63. The molecule has 0 bridgehead atoms. The summed E-state index contributed by atoms with van der Waals surface area (Å²) in [6.45, 7) is 0. The summed E-state index contributed by atoms with van der Waals surface area (Å²) in [5, 5.41) is 4.61. The molecule has 0 spiro atoms. The molecule has 0 aliphatic heterocycles. The molecule has 8 heteroatoms. The first-order valence-electron chi connectivity index (χ1n) is 35.1. The van der Waals surface area contributed by atoms with Crippen molar-refractivity contribution in [2.75, 3.05) is 0 Å². The third-order valence-electron chi connectivity index (χ3n) is 19.9. The Labute approximate surface area is 601 Å². The molecule has 4 aromatic heterocycles. The highest BCUT2D eigenvalue weighted by Crippen LogP contribution is 2.44. The van der Waals surface area contributed by atoms with Crippen LogP contribution in [-0.4, -0.2) is 39.0 Å². The molecular weight excluding hydrogens is 1270 g/mol. The van der Waals surface area contributed by atoms with Crippen molar-refractivity contribution in [1.82, 2.24) is 39.0 Å². The Balaban J connectivity index is 0.665. The maximum absolute atomic E-state index is 5.46. The third-order valence-corrected chi connectivity index (χ3v) is 19.9. The number of nitrogens with zero attached hydrogens (tertiary/aromatic N) is 8. The minimum Gasteiger partial charge on any atom is -0.309 e. The zero-order chi connectivity index (χ0) is 68.9. The second-order valence-electron chi connectivity index (χ2n) is 26.2. The molecule has 0 aliphatic carbocycles. The van der Waals surface area contributed by atoms with Crippen molar-refractivity contribution >= 4 is 43.6 Å². The van der Waals surface area contributed by atoms with Gasteiger partial charge in [0, 0.05) is 66.2 Å². The van der Waals surface area contributed by atoms with Gasteiger partial charge in [-0.3, -0.25) is 4.57 Å². The van der Waals surface area contributed by atoms with Crippen LogP contribution in [-0.2, 0) is 0 Å². The van der Waals surface area contributed by atoms with Crippen molar-refractivity contribution in [1.29, 1.82) is 0 Å². The monoisotopic (exact) mass is 1330 g/mol. The van der Waals surface area contributed by atoms with Crippen LogP contribution in [0.4, 0.5) is 0 Å². The van der Waals surface area contributed by atoms with Crippen LogP contribution in [0.2, 0.25) is 0 Å². The van der Waals surface area contributed by atoms with Gasteiger partial charge in [-0.15, -0.1) is 0 Å². The first kappa shape index (κ1) is 61.0. The van der Waals surface area contributed by atoms with E-state index < -0.39 is 0 Å². The number of para-hydroxylation sites is 3. The smallest absolute Gasteiger partial charge is 0.238 e. The standard InChI is InChI=1S/C96H62N8/c1-6-23-63(24-7-1)66-43-49-70(50-44-66)81-39-22-40-84-82-37-16-18-41-87(82)103(89(81)84)80-57-55-74(56-58-80)92-97-91(71-31-14-5-15-32-71)98-95(99-92)78-36-21-35-77(60-78)76-34-20-33-75(59-76)68-47-53-73(54-48-68)94-100-93(72-51-45-67(46-52-72)64-25-8-2-9-26-64)101-96(102-94)104-88-42-19-17-38-83(88)86-62-79(65-27-10-3-11-28-65)61-85(90(86)104)69-29-12-4-13-30-69/h1-62H. The average molecular weight is 1330 g/mol. The summed E-state index contributed by atoms with van der Waals surface area (Å²) in [4.78, 5) is 31.9. The summed E-state index contributed by atoms with van der Waals surface area (Å²) in [5.41, 5.74) is 25.4. The van der Waals surface area contributed by atoms with Crippen LogP contribution >= 0.6 is 0 Å². The Bertz CT molecular complexity index is 6400. The molecule has 19 aromatic rings. The zero-order valence-corrected chi connectivity index (χ0v) is 56.4. The molecule has 0 atom stereocenters. The molecular formula is C96H62N8. The lowest BCUT2D eigenvalue weighted by Gasteiger charge is -2.14. The molecule has 0 aliphatic rings. The van der Waals surface area contributed by atoms with E-state index in [9.17, 15) is 0 Å². The normalized spacial score (nSPS) is 11.5. The minimum absolute atomic E-state index is 0.526. The molecule has 0 unspecified atom stereocenters. The van der Waals surface area contributed by atoms with Gasteiger partial charge in [0.1, 0.15) is 0 Å². The van der Waals surface area contributed by atoms with Gasteiger partial charge in [0.2, 0.25) is 5.95 Å². The quantitative estimate of drug-likeness (QED) is 0.108. The van der Waals surface area contributed by atoms with Crippen molar-refractivity contribution in [3.63, 3.8) is 0 Å². The van der Waals surface area contributed by atoms with Crippen molar-refractivity contribution in [3.05, 3.63) is 376 Å². The van der Waals surface area contributed by atoms with E-state index >= 15 is 0 Å². The molecule has 486 valence electrons. The molecule has 19 rings (SSSR count). The van der Waals surface area contributed by atoms with Crippen LogP contribution in [0.1, 0.15) is 0 Å². The average Bonchev–Trinajstić information content (AvgIpc) is 1.56. The summed E-state index contributed by atoms with van der Waals surface area (Å²) >= 11 is 0. The van der Waals surface area contributed by atoms with E-state index in [-0.39, 0.29) is 0 Å². The number of rotatable bonds is 14. The maximum atomic E-state index is 5.46. The molecule has 15 aromatic carbocycles. The Kier molecular flexibility index (Phi) is 15.4. The highest BCUT2D eigenvalue weighted by molar-refractivity contribution is 6.16. The highest BCUT2D eigenvalue weighted by atomic mass is 15.2. The lowest BCUT2D eigenvalue weighted by Crippen LogP contribution is -2.07. The van der Waals surface area contributed by atoms with E-state index in [2.05, 4.69) is 361 Å².